The molecule has 0 unspecified atom stereocenters. The fraction of sp³-hybridized carbons (Fsp3) is 0.143. The summed E-state index contributed by atoms with van der Waals surface area (Å²) >= 11 is 0. The number of nitrogens with one attached hydrogen (secondary N) is 2. The molecule has 0 atom stereocenters. The third-order valence-corrected chi connectivity index (χ3v) is 3.03. The number of aromatic nitrogens is 2. The number of hydrogen-bond acceptors (Lipinski definition) is 3. The molecule has 0 spiro atoms. The summed E-state index contributed by atoms with van der Waals surface area (Å²) in [5.74, 6) is -0.607. The summed E-state index contributed by atoms with van der Waals surface area (Å²) in [5, 5.41) is 0.921. The molecule has 2 N–H and O–H groups in total. The van der Waals surface area contributed by atoms with Crippen molar-refractivity contribution in [1.82, 2.24) is 9.97 Å². The second-order valence-electron chi connectivity index (χ2n) is 4.17. The number of carbonyl (C=O) groups excluding carboxylic acids is 1. The molecule has 3 rings (SSSR count). The van der Waals surface area contributed by atoms with E-state index in [4.69, 9.17) is 4.74 Å². The third-order valence-electron chi connectivity index (χ3n) is 3.03. The number of ether oxygens (including phenoxy) is 1. The molecule has 5 heteroatoms. The minimum Gasteiger partial charge on any atom is -0.462 e. The summed E-state index contributed by atoms with van der Waals surface area (Å²) in [6.45, 7) is 1.94. The summed E-state index contributed by atoms with van der Waals surface area (Å²) < 4.78 is 4.86. The maximum Gasteiger partial charge on any atom is 0.343 e. The molecule has 1 aromatic carbocycles. The Morgan fingerprint density at radius 1 is 1.26 bits per heavy atom. The van der Waals surface area contributed by atoms with Gasteiger partial charge in [0.2, 0.25) is 5.43 Å². The second kappa shape index (κ2) is 4.28. The van der Waals surface area contributed by atoms with Gasteiger partial charge in [-0.15, -0.1) is 0 Å². The lowest BCUT2D eigenvalue weighted by atomic mass is 10.2. The van der Waals surface area contributed by atoms with E-state index < -0.39 is 5.97 Å². The van der Waals surface area contributed by atoms with Crippen LogP contribution in [0.3, 0.4) is 0 Å². The van der Waals surface area contributed by atoms with Crippen LogP contribution in [0.1, 0.15) is 17.3 Å². The van der Waals surface area contributed by atoms with Crippen molar-refractivity contribution in [3.8, 4) is 0 Å². The molecule has 2 heterocycles. The van der Waals surface area contributed by atoms with Crippen LogP contribution < -0.4 is 5.43 Å². The second-order valence-corrected chi connectivity index (χ2v) is 4.17. The van der Waals surface area contributed by atoms with Crippen LogP contribution in [-0.4, -0.2) is 22.5 Å². The van der Waals surface area contributed by atoms with Gasteiger partial charge >= 0.3 is 5.97 Å². The molecule has 0 radical (unpaired) electrons. The molecule has 0 saturated heterocycles. The number of rotatable bonds is 2. The van der Waals surface area contributed by atoms with Crippen LogP contribution in [0.5, 0.6) is 0 Å². The van der Waals surface area contributed by atoms with Gasteiger partial charge in [-0.2, -0.15) is 0 Å². The normalized spacial score (nSPS) is 11.0. The van der Waals surface area contributed by atoms with E-state index in [1.165, 1.54) is 6.20 Å². The van der Waals surface area contributed by atoms with Gasteiger partial charge in [0.1, 0.15) is 11.1 Å². The fourth-order valence-electron chi connectivity index (χ4n) is 2.17. The van der Waals surface area contributed by atoms with Gasteiger partial charge in [-0.3, -0.25) is 4.79 Å². The van der Waals surface area contributed by atoms with E-state index in [2.05, 4.69) is 9.97 Å². The Labute approximate surface area is 108 Å². The summed E-state index contributed by atoms with van der Waals surface area (Å²) in [6, 6.07) is 7.57. The number of pyridine rings is 1. The highest BCUT2D eigenvalue weighted by Gasteiger charge is 2.16. The molecule has 5 nitrogen and oxygen atoms in total. The third kappa shape index (κ3) is 1.71. The zero-order valence-electron chi connectivity index (χ0n) is 10.3. The Morgan fingerprint density at radius 3 is 2.84 bits per heavy atom. The van der Waals surface area contributed by atoms with Crippen molar-refractivity contribution in [2.45, 2.75) is 6.92 Å². The number of aromatic amines is 2. The molecular weight excluding hydrogens is 244 g/mol. The molecule has 2 aromatic heterocycles. The van der Waals surface area contributed by atoms with Crippen molar-refractivity contribution in [3.05, 3.63) is 46.2 Å². The Morgan fingerprint density at radius 2 is 2.05 bits per heavy atom. The lowest BCUT2D eigenvalue weighted by molar-refractivity contribution is 0.0524. The number of H-pyrrole nitrogens is 2. The molecule has 96 valence electrons. The Kier molecular flexibility index (Phi) is 2.59. The first kappa shape index (κ1) is 11.5. The maximum atomic E-state index is 12.3. The number of esters is 1. The van der Waals surface area contributed by atoms with Gasteiger partial charge in [-0.25, -0.2) is 4.79 Å². The van der Waals surface area contributed by atoms with E-state index in [0.717, 1.165) is 10.9 Å². The molecule has 0 saturated carbocycles. The van der Waals surface area contributed by atoms with Crippen molar-refractivity contribution in [2.24, 2.45) is 0 Å². The van der Waals surface area contributed by atoms with Crippen molar-refractivity contribution in [1.29, 1.82) is 0 Å². The predicted molar refractivity (Wildman–Crippen MR) is 72.4 cm³/mol. The summed E-state index contributed by atoms with van der Waals surface area (Å²) in [6.07, 6.45) is 1.41. The standard InChI is InChI=1S/C14H12N2O3/c1-2-19-14(18)9-7-15-11-8-5-3-4-6-10(8)16-12(11)13(9)17/h3-7,16H,2H2,1H3,(H,15,17). The molecule has 0 aliphatic rings. The number of benzene rings is 1. The quantitative estimate of drug-likeness (QED) is 0.690. The molecule has 19 heavy (non-hydrogen) atoms. The monoisotopic (exact) mass is 256 g/mol. The topological polar surface area (TPSA) is 75.0 Å². The summed E-state index contributed by atoms with van der Waals surface area (Å²) in [5.41, 5.74) is 1.62. The van der Waals surface area contributed by atoms with E-state index in [0.29, 0.717) is 11.0 Å². The highest BCUT2D eigenvalue weighted by Crippen LogP contribution is 2.21. The van der Waals surface area contributed by atoms with Crippen molar-refractivity contribution in [2.75, 3.05) is 6.61 Å². The first-order valence-electron chi connectivity index (χ1n) is 6.01. The molecular formula is C14H12N2O3. The van der Waals surface area contributed by atoms with Crippen LogP contribution in [0.25, 0.3) is 21.9 Å². The smallest absolute Gasteiger partial charge is 0.343 e. The van der Waals surface area contributed by atoms with Gasteiger partial charge in [0.15, 0.2) is 0 Å². The minimum atomic E-state index is -0.607. The molecule has 3 aromatic rings. The summed E-state index contributed by atoms with van der Waals surface area (Å²) in [4.78, 5) is 30.0. The number of carbonyl (C=O) groups is 1. The van der Waals surface area contributed by atoms with Gasteiger partial charge in [-0.05, 0) is 13.0 Å². The largest absolute Gasteiger partial charge is 0.462 e. The number of para-hydroxylation sites is 1. The maximum absolute atomic E-state index is 12.3. The number of hydrogen-bond donors (Lipinski definition) is 2. The van der Waals surface area contributed by atoms with Crippen molar-refractivity contribution in [3.63, 3.8) is 0 Å². The predicted octanol–water partition coefficient (Wildman–Crippen LogP) is 2.19. The van der Waals surface area contributed by atoms with E-state index in [1.54, 1.807) is 6.92 Å². The highest BCUT2D eigenvalue weighted by molar-refractivity contribution is 6.06. The lowest BCUT2D eigenvalue weighted by Gasteiger charge is -2.00. The Hall–Kier alpha value is -2.56. The van der Waals surface area contributed by atoms with E-state index in [-0.39, 0.29) is 17.6 Å². The number of fused-ring (bicyclic) bond motifs is 3. The highest BCUT2D eigenvalue weighted by atomic mass is 16.5. The first-order chi connectivity index (χ1) is 9.22. The zero-order valence-corrected chi connectivity index (χ0v) is 10.3. The lowest BCUT2D eigenvalue weighted by Crippen LogP contribution is -2.18. The zero-order chi connectivity index (χ0) is 13.4. The van der Waals surface area contributed by atoms with E-state index in [9.17, 15) is 9.59 Å². The Balaban J connectivity index is 2.31. The van der Waals surface area contributed by atoms with Gasteiger partial charge in [0.25, 0.3) is 0 Å². The molecule has 0 bridgehead atoms. The van der Waals surface area contributed by atoms with Crippen LogP contribution >= 0.6 is 0 Å². The van der Waals surface area contributed by atoms with Crippen molar-refractivity contribution < 1.29 is 9.53 Å². The van der Waals surface area contributed by atoms with E-state index >= 15 is 0 Å². The van der Waals surface area contributed by atoms with Crippen LogP contribution in [0.15, 0.2) is 35.3 Å². The summed E-state index contributed by atoms with van der Waals surface area (Å²) in [7, 11) is 0. The molecule has 0 aliphatic heterocycles. The van der Waals surface area contributed by atoms with Crippen LogP contribution in [0.4, 0.5) is 0 Å². The first-order valence-corrected chi connectivity index (χ1v) is 6.01. The average Bonchev–Trinajstić information content (AvgIpc) is 2.79. The van der Waals surface area contributed by atoms with Gasteiger partial charge in [0.05, 0.1) is 12.1 Å². The molecule has 0 aliphatic carbocycles. The van der Waals surface area contributed by atoms with Crippen LogP contribution in [-0.2, 0) is 4.74 Å². The molecule has 0 fully saturated rings. The van der Waals surface area contributed by atoms with E-state index in [1.807, 2.05) is 24.3 Å². The minimum absolute atomic E-state index is 0.0147. The van der Waals surface area contributed by atoms with Gasteiger partial charge in [-0.1, -0.05) is 18.2 Å². The van der Waals surface area contributed by atoms with Crippen molar-refractivity contribution >= 4 is 27.9 Å². The van der Waals surface area contributed by atoms with Gasteiger partial charge in [0, 0.05) is 17.1 Å². The average molecular weight is 256 g/mol. The fourth-order valence-corrected chi connectivity index (χ4v) is 2.17. The SMILES string of the molecule is CCOC(=O)c1c[nH]c2c([nH]c3ccccc32)c1=O. The van der Waals surface area contributed by atoms with Crippen LogP contribution in [0, 0.1) is 0 Å². The van der Waals surface area contributed by atoms with Gasteiger partial charge < -0.3 is 14.7 Å². The Bertz CT molecular complexity index is 829. The molecule has 0 amide bonds. The van der Waals surface area contributed by atoms with Crippen LogP contribution in [0.2, 0.25) is 0 Å².